The van der Waals surface area contributed by atoms with Crippen molar-refractivity contribution in [3.63, 3.8) is 0 Å². The standard InChI is InChI=1S/C45H91NO14/c1-3-4-5-6-7-8-9-10-11-12-13-14-15-16-17-18-45(47)60-44-43-59-42-41-58-40-39-57-38-37-56-36-35-55-34-33-54-32-31-53-30-29-52-28-27-51-26-25-50-24-23-49-22-21-48-20-19-46-2/h46H,3-44H2,1-2H3. The van der Waals surface area contributed by atoms with Crippen molar-refractivity contribution in [3.05, 3.63) is 0 Å². The fourth-order valence-electron chi connectivity index (χ4n) is 5.62. The molecule has 15 heteroatoms. The molecule has 60 heavy (non-hydrogen) atoms. The maximum atomic E-state index is 11.9. The molecule has 0 aromatic heterocycles. The average Bonchev–Trinajstić information content (AvgIpc) is 3.25. The zero-order chi connectivity index (χ0) is 43.2. The fourth-order valence-corrected chi connectivity index (χ4v) is 5.62. The first-order valence-corrected chi connectivity index (χ1v) is 23.5. The van der Waals surface area contributed by atoms with E-state index in [0.717, 1.165) is 19.4 Å². The second-order valence-corrected chi connectivity index (χ2v) is 14.4. The number of likely N-dealkylation sites (N-methyl/N-ethyl adjacent to an activating group) is 1. The van der Waals surface area contributed by atoms with Gasteiger partial charge in [0.25, 0.3) is 0 Å². The molecule has 0 radical (unpaired) electrons. The number of carbonyl (C=O) groups is 1. The van der Waals surface area contributed by atoms with Crippen molar-refractivity contribution in [1.29, 1.82) is 0 Å². The number of esters is 1. The lowest BCUT2D eigenvalue weighted by atomic mass is 10.0. The molecule has 0 rings (SSSR count). The molecule has 0 atom stereocenters. The summed E-state index contributed by atoms with van der Waals surface area (Å²) in [7, 11) is 1.90. The summed E-state index contributed by atoms with van der Waals surface area (Å²) in [5.74, 6) is -0.131. The van der Waals surface area contributed by atoms with Crippen LogP contribution in [0.4, 0.5) is 0 Å². The van der Waals surface area contributed by atoms with E-state index in [1.165, 1.54) is 83.5 Å². The first-order chi connectivity index (χ1) is 29.8. The van der Waals surface area contributed by atoms with Crippen LogP contribution in [0, 0.1) is 0 Å². The Balaban J connectivity index is 3.12. The number of hydrogen-bond donors (Lipinski definition) is 1. The van der Waals surface area contributed by atoms with E-state index in [0.29, 0.717) is 165 Å². The van der Waals surface area contributed by atoms with E-state index in [-0.39, 0.29) is 12.6 Å². The summed E-state index contributed by atoms with van der Waals surface area (Å²) < 4.78 is 71.0. The molecule has 0 unspecified atom stereocenters. The van der Waals surface area contributed by atoms with E-state index in [9.17, 15) is 4.79 Å². The van der Waals surface area contributed by atoms with Crippen molar-refractivity contribution < 1.29 is 66.4 Å². The normalized spacial score (nSPS) is 11.6. The van der Waals surface area contributed by atoms with Crippen LogP contribution in [-0.2, 0) is 66.4 Å². The van der Waals surface area contributed by atoms with Crippen molar-refractivity contribution in [2.24, 2.45) is 0 Å². The SMILES string of the molecule is CCCCCCCCCCCCCCCCCC(=O)OCCOCCOCCOCCOCCOCCOCCOCCOCCOCCOCCOCCOCCNC. The molecule has 360 valence electrons. The largest absolute Gasteiger partial charge is 0.463 e. The number of carbonyl (C=O) groups excluding carboxylic acids is 1. The third kappa shape index (κ3) is 55.0. The van der Waals surface area contributed by atoms with Gasteiger partial charge in [0, 0.05) is 13.0 Å². The Morgan fingerprint density at radius 3 is 0.767 bits per heavy atom. The fraction of sp³-hybridized carbons (Fsp3) is 0.978. The summed E-state index contributed by atoms with van der Waals surface area (Å²) >= 11 is 0. The van der Waals surface area contributed by atoms with Gasteiger partial charge in [0.2, 0.25) is 0 Å². The molecule has 15 nitrogen and oxygen atoms in total. The molecule has 0 heterocycles. The summed E-state index contributed by atoms with van der Waals surface area (Å²) in [5.41, 5.74) is 0. The van der Waals surface area contributed by atoms with Crippen LogP contribution in [0.15, 0.2) is 0 Å². The van der Waals surface area contributed by atoms with E-state index < -0.39 is 0 Å². The van der Waals surface area contributed by atoms with Crippen LogP contribution < -0.4 is 5.32 Å². The van der Waals surface area contributed by atoms with E-state index in [4.69, 9.17) is 61.6 Å². The molecule has 0 aliphatic rings. The van der Waals surface area contributed by atoms with Crippen molar-refractivity contribution in [2.45, 2.75) is 110 Å². The predicted octanol–water partition coefficient (Wildman–Crippen LogP) is 6.21. The molecular weight excluding hydrogens is 778 g/mol. The second kappa shape index (κ2) is 56.0. The van der Waals surface area contributed by atoms with Crippen LogP contribution in [0.3, 0.4) is 0 Å². The van der Waals surface area contributed by atoms with Gasteiger partial charge in [-0.05, 0) is 13.5 Å². The van der Waals surface area contributed by atoms with Crippen LogP contribution >= 0.6 is 0 Å². The minimum absolute atomic E-state index is 0.131. The number of nitrogens with one attached hydrogen (secondary N) is 1. The van der Waals surface area contributed by atoms with Crippen molar-refractivity contribution in [1.82, 2.24) is 5.32 Å². The van der Waals surface area contributed by atoms with Gasteiger partial charge in [0.1, 0.15) is 6.61 Å². The lowest BCUT2D eigenvalue weighted by Gasteiger charge is -2.09. The van der Waals surface area contributed by atoms with Gasteiger partial charge < -0.3 is 66.9 Å². The average molecular weight is 870 g/mol. The number of rotatable bonds is 55. The summed E-state index contributed by atoms with van der Waals surface area (Å²) in [6.07, 6.45) is 20.2. The van der Waals surface area contributed by atoms with Gasteiger partial charge in [-0.1, -0.05) is 96.8 Å². The molecule has 0 aromatic carbocycles. The third-order valence-corrected chi connectivity index (χ3v) is 9.06. The highest BCUT2D eigenvalue weighted by molar-refractivity contribution is 5.69. The molecular formula is C45H91NO14. The van der Waals surface area contributed by atoms with Crippen LogP contribution in [-0.4, -0.2) is 185 Å². The Morgan fingerprint density at radius 2 is 0.517 bits per heavy atom. The predicted molar refractivity (Wildman–Crippen MR) is 234 cm³/mol. The summed E-state index contributed by atoms with van der Waals surface area (Å²) in [4.78, 5) is 11.9. The van der Waals surface area contributed by atoms with E-state index in [2.05, 4.69) is 12.2 Å². The highest BCUT2D eigenvalue weighted by atomic mass is 16.6. The molecule has 0 aliphatic heterocycles. The maximum Gasteiger partial charge on any atom is 0.305 e. The van der Waals surface area contributed by atoms with Gasteiger partial charge in [0.05, 0.1) is 159 Å². The van der Waals surface area contributed by atoms with Gasteiger partial charge in [-0.15, -0.1) is 0 Å². The van der Waals surface area contributed by atoms with Gasteiger partial charge >= 0.3 is 5.97 Å². The molecule has 0 fully saturated rings. The van der Waals surface area contributed by atoms with Gasteiger partial charge in [-0.3, -0.25) is 4.79 Å². The quantitative estimate of drug-likeness (QED) is 0.0545. The minimum atomic E-state index is -0.131. The Bertz CT molecular complexity index is 788. The molecule has 1 N–H and O–H groups in total. The zero-order valence-electron chi connectivity index (χ0n) is 38.4. The first kappa shape index (κ1) is 58.9. The van der Waals surface area contributed by atoms with Crippen molar-refractivity contribution >= 4 is 5.97 Å². The third-order valence-electron chi connectivity index (χ3n) is 9.06. The van der Waals surface area contributed by atoms with E-state index in [1.54, 1.807) is 0 Å². The lowest BCUT2D eigenvalue weighted by molar-refractivity contribution is -0.145. The summed E-state index contributed by atoms with van der Waals surface area (Å²) in [6, 6.07) is 0. The van der Waals surface area contributed by atoms with E-state index >= 15 is 0 Å². The number of hydrogen-bond acceptors (Lipinski definition) is 15. The molecule has 0 saturated carbocycles. The van der Waals surface area contributed by atoms with Gasteiger partial charge in [-0.2, -0.15) is 0 Å². The molecule has 0 bridgehead atoms. The highest BCUT2D eigenvalue weighted by Crippen LogP contribution is 2.14. The van der Waals surface area contributed by atoms with Crippen LogP contribution in [0.5, 0.6) is 0 Å². The monoisotopic (exact) mass is 870 g/mol. The van der Waals surface area contributed by atoms with Crippen LogP contribution in [0.1, 0.15) is 110 Å². The number of ether oxygens (including phenoxy) is 13. The lowest BCUT2D eigenvalue weighted by Crippen LogP contribution is -2.17. The summed E-state index contributed by atoms with van der Waals surface area (Å²) in [5, 5.41) is 3.02. The molecule has 0 aromatic rings. The van der Waals surface area contributed by atoms with Gasteiger partial charge in [0.15, 0.2) is 0 Å². The number of unbranched alkanes of at least 4 members (excludes halogenated alkanes) is 14. The van der Waals surface area contributed by atoms with Crippen LogP contribution in [0.25, 0.3) is 0 Å². The Kier molecular flexibility index (Phi) is 55.0. The van der Waals surface area contributed by atoms with Crippen LogP contribution in [0.2, 0.25) is 0 Å². The Labute approximate surface area is 365 Å². The molecule has 0 spiro atoms. The maximum absolute atomic E-state index is 11.9. The first-order valence-electron chi connectivity index (χ1n) is 23.5. The Morgan fingerprint density at radius 1 is 0.300 bits per heavy atom. The van der Waals surface area contributed by atoms with Crippen molar-refractivity contribution in [3.8, 4) is 0 Å². The summed E-state index contributed by atoms with van der Waals surface area (Å²) in [6.45, 7) is 15.7. The molecule has 0 aliphatic carbocycles. The van der Waals surface area contributed by atoms with E-state index in [1.807, 2.05) is 7.05 Å². The zero-order valence-corrected chi connectivity index (χ0v) is 38.4. The molecule has 0 saturated heterocycles. The second-order valence-electron chi connectivity index (χ2n) is 14.4. The van der Waals surface area contributed by atoms with Gasteiger partial charge in [-0.25, -0.2) is 0 Å². The van der Waals surface area contributed by atoms with Crippen molar-refractivity contribution in [2.75, 3.05) is 179 Å². The minimum Gasteiger partial charge on any atom is -0.463 e. The Hall–Kier alpha value is -1.05. The molecule has 0 amide bonds. The highest BCUT2D eigenvalue weighted by Gasteiger charge is 2.03. The topological polar surface area (TPSA) is 149 Å². The smallest absolute Gasteiger partial charge is 0.305 e.